The second-order valence-corrected chi connectivity index (χ2v) is 8.47. The summed E-state index contributed by atoms with van der Waals surface area (Å²) in [5.41, 5.74) is 1.30. The molecule has 0 aliphatic carbocycles. The first kappa shape index (κ1) is 19.0. The Labute approximate surface area is 156 Å². The molecule has 1 N–H and O–H groups in total. The topological polar surface area (TPSA) is 83.6 Å². The van der Waals surface area contributed by atoms with Crippen molar-refractivity contribution in [2.75, 3.05) is 23.0 Å². The lowest BCUT2D eigenvalue weighted by atomic mass is 10.1. The maximum atomic E-state index is 13.9. The molecule has 0 unspecified atom stereocenters. The van der Waals surface area contributed by atoms with E-state index in [-0.39, 0.29) is 22.9 Å². The van der Waals surface area contributed by atoms with Gasteiger partial charge in [0, 0.05) is 24.9 Å². The average molecular weight is 390 g/mol. The van der Waals surface area contributed by atoms with Gasteiger partial charge in [-0.05, 0) is 42.3 Å². The molecule has 0 radical (unpaired) electrons. The van der Waals surface area contributed by atoms with E-state index in [2.05, 4.69) is 5.32 Å². The minimum Gasteiger partial charge on any atom is -0.323 e. The fourth-order valence-electron chi connectivity index (χ4n) is 2.93. The molecule has 0 bridgehead atoms. The van der Waals surface area contributed by atoms with E-state index in [0.29, 0.717) is 18.5 Å². The van der Waals surface area contributed by atoms with Gasteiger partial charge in [0.1, 0.15) is 5.82 Å². The molecular formula is C19H19FN2O4S. The molecule has 1 aliphatic rings. The molecule has 2 aromatic rings. The summed E-state index contributed by atoms with van der Waals surface area (Å²) in [4.78, 5) is 25.6. The van der Waals surface area contributed by atoms with Gasteiger partial charge in [-0.25, -0.2) is 12.8 Å². The van der Waals surface area contributed by atoms with E-state index < -0.39 is 21.6 Å². The highest BCUT2D eigenvalue weighted by Crippen LogP contribution is 2.23. The van der Waals surface area contributed by atoms with Crippen LogP contribution in [0.1, 0.15) is 18.4 Å². The van der Waals surface area contributed by atoms with Crippen molar-refractivity contribution in [2.24, 2.45) is 0 Å². The number of nitrogens with one attached hydrogen (secondary N) is 1. The molecule has 142 valence electrons. The van der Waals surface area contributed by atoms with Gasteiger partial charge >= 0.3 is 0 Å². The summed E-state index contributed by atoms with van der Waals surface area (Å²) < 4.78 is 37.0. The van der Waals surface area contributed by atoms with Crippen LogP contribution in [0, 0.1) is 5.82 Å². The number of anilines is 2. The van der Waals surface area contributed by atoms with E-state index in [0.717, 1.165) is 36.6 Å². The molecule has 2 aromatic carbocycles. The lowest BCUT2D eigenvalue weighted by Gasteiger charge is -2.16. The Morgan fingerprint density at radius 2 is 1.89 bits per heavy atom. The smallest absolute Gasteiger partial charge is 0.228 e. The number of hydrogen-bond acceptors (Lipinski definition) is 4. The number of carbonyl (C=O) groups excluding carboxylic acids is 2. The second-order valence-electron chi connectivity index (χ2n) is 6.45. The maximum absolute atomic E-state index is 13.9. The second kappa shape index (κ2) is 7.48. The van der Waals surface area contributed by atoms with Gasteiger partial charge in [-0.15, -0.1) is 0 Å². The summed E-state index contributed by atoms with van der Waals surface area (Å²) in [5, 5.41) is 2.41. The number of rotatable bonds is 5. The van der Waals surface area contributed by atoms with E-state index in [4.69, 9.17) is 0 Å². The zero-order valence-corrected chi connectivity index (χ0v) is 15.6. The third-order valence-corrected chi connectivity index (χ3v) is 5.44. The van der Waals surface area contributed by atoms with Crippen LogP contribution < -0.4 is 10.2 Å². The first-order valence-corrected chi connectivity index (χ1v) is 10.3. The molecule has 3 rings (SSSR count). The Morgan fingerprint density at radius 3 is 2.48 bits per heavy atom. The van der Waals surface area contributed by atoms with Crippen LogP contribution >= 0.6 is 0 Å². The van der Waals surface area contributed by atoms with E-state index >= 15 is 0 Å². The van der Waals surface area contributed by atoms with Crippen LogP contribution in [0.2, 0.25) is 0 Å². The quantitative estimate of drug-likeness (QED) is 0.796. The molecule has 2 amide bonds. The minimum atomic E-state index is -3.50. The van der Waals surface area contributed by atoms with Crippen molar-refractivity contribution >= 4 is 33.0 Å². The summed E-state index contributed by atoms with van der Waals surface area (Å²) in [6.07, 6.45) is 2.39. The monoisotopic (exact) mass is 390 g/mol. The van der Waals surface area contributed by atoms with Crippen molar-refractivity contribution in [1.29, 1.82) is 0 Å². The molecule has 8 heteroatoms. The van der Waals surface area contributed by atoms with Crippen LogP contribution in [0.4, 0.5) is 15.8 Å². The van der Waals surface area contributed by atoms with Gasteiger partial charge in [0.25, 0.3) is 0 Å². The van der Waals surface area contributed by atoms with Crippen molar-refractivity contribution in [2.45, 2.75) is 24.2 Å². The first-order chi connectivity index (χ1) is 12.7. The molecule has 0 atom stereocenters. The van der Waals surface area contributed by atoms with Gasteiger partial charge in [-0.2, -0.15) is 0 Å². The molecule has 1 fully saturated rings. The number of sulfone groups is 1. The Hall–Kier alpha value is -2.74. The maximum Gasteiger partial charge on any atom is 0.228 e. The largest absolute Gasteiger partial charge is 0.323 e. The number of amides is 2. The van der Waals surface area contributed by atoms with Gasteiger partial charge in [0.15, 0.2) is 9.84 Å². The summed E-state index contributed by atoms with van der Waals surface area (Å²) in [6.45, 7) is 0.689. The molecule has 6 nitrogen and oxygen atoms in total. The summed E-state index contributed by atoms with van der Waals surface area (Å²) in [5.74, 6) is -1.09. The Morgan fingerprint density at radius 1 is 1.19 bits per heavy atom. The van der Waals surface area contributed by atoms with E-state index in [1.165, 1.54) is 0 Å². The summed E-state index contributed by atoms with van der Waals surface area (Å²) in [6, 6.07) is 10.3. The van der Waals surface area contributed by atoms with Crippen LogP contribution in [-0.2, 0) is 25.8 Å². The first-order valence-electron chi connectivity index (χ1n) is 8.43. The van der Waals surface area contributed by atoms with E-state index in [1.54, 1.807) is 29.2 Å². The Balaban J connectivity index is 1.68. The van der Waals surface area contributed by atoms with Gasteiger partial charge < -0.3 is 10.2 Å². The molecule has 1 heterocycles. The number of carbonyl (C=O) groups is 2. The number of nitrogens with zero attached hydrogens (tertiary/aromatic N) is 1. The third kappa shape index (κ3) is 4.51. The van der Waals surface area contributed by atoms with Crippen molar-refractivity contribution in [3.05, 3.63) is 53.8 Å². The fraction of sp³-hybridized carbons (Fsp3) is 0.263. The van der Waals surface area contributed by atoms with E-state index in [9.17, 15) is 22.4 Å². The fourth-order valence-corrected chi connectivity index (χ4v) is 3.57. The van der Waals surface area contributed by atoms with Crippen molar-refractivity contribution < 1.29 is 22.4 Å². The van der Waals surface area contributed by atoms with Crippen molar-refractivity contribution in [3.63, 3.8) is 0 Å². The Bertz CT molecular complexity index is 987. The van der Waals surface area contributed by atoms with E-state index in [1.807, 2.05) is 0 Å². The number of benzene rings is 2. The van der Waals surface area contributed by atoms with Gasteiger partial charge in [0.05, 0.1) is 17.0 Å². The minimum absolute atomic E-state index is 0.00321. The van der Waals surface area contributed by atoms with Crippen LogP contribution in [-0.4, -0.2) is 33.0 Å². The highest BCUT2D eigenvalue weighted by molar-refractivity contribution is 7.90. The van der Waals surface area contributed by atoms with Gasteiger partial charge in [0.2, 0.25) is 11.8 Å². The molecule has 0 saturated carbocycles. The van der Waals surface area contributed by atoms with Crippen LogP contribution in [0.3, 0.4) is 0 Å². The lowest BCUT2D eigenvalue weighted by Crippen LogP contribution is -2.23. The Kier molecular flexibility index (Phi) is 5.27. The highest BCUT2D eigenvalue weighted by Gasteiger charge is 2.21. The zero-order chi connectivity index (χ0) is 19.6. The molecule has 0 aromatic heterocycles. The zero-order valence-electron chi connectivity index (χ0n) is 14.7. The normalized spacial score (nSPS) is 14.4. The van der Waals surface area contributed by atoms with Crippen LogP contribution in [0.25, 0.3) is 0 Å². The highest BCUT2D eigenvalue weighted by atomic mass is 32.2. The van der Waals surface area contributed by atoms with Crippen molar-refractivity contribution in [3.8, 4) is 0 Å². The van der Waals surface area contributed by atoms with Crippen LogP contribution in [0.15, 0.2) is 47.4 Å². The predicted molar refractivity (Wildman–Crippen MR) is 99.9 cm³/mol. The SMILES string of the molecule is CS(=O)(=O)c1ccc(F)c(NC(=O)Cc2ccc(N3CCCC3=O)cc2)c1. The van der Waals surface area contributed by atoms with Crippen LogP contribution in [0.5, 0.6) is 0 Å². The molecule has 1 saturated heterocycles. The summed E-state index contributed by atoms with van der Waals surface area (Å²) >= 11 is 0. The standard InChI is InChI=1S/C19H19FN2O4S/c1-27(25,26)15-8-9-16(20)17(12-15)21-18(23)11-13-4-6-14(7-5-13)22-10-2-3-19(22)24/h4-9,12H,2-3,10-11H2,1H3,(H,21,23). The van der Waals surface area contributed by atoms with Gasteiger partial charge in [-0.1, -0.05) is 12.1 Å². The number of halogens is 1. The van der Waals surface area contributed by atoms with Gasteiger partial charge in [-0.3, -0.25) is 9.59 Å². The van der Waals surface area contributed by atoms with Crippen molar-refractivity contribution in [1.82, 2.24) is 0 Å². The molecule has 27 heavy (non-hydrogen) atoms. The number of hydrogen-bond donors (Lipinski definition) is 1. The summed E-state index contributed by atoms with van der Waals surface area (Å²) in [7, 11) is -3.50. The molecule has 1 aliphatic heterocycles. The predicted octanol–water partition coefficient (Wildman–Crippen LogP) is 2.54. The third-order valence-electron chi connectivity index (χ3n) is 4.33. The molecule has 0 spiro atoms. The molecular weight excluding hydrogens is 371 g/mol. The average Bonchev–Trinajstić information content (AvgIpc) is 3.02. The lowest BCUT2D eigenvalue weighted by molar-refractivity contribution is -0.117.